The molecule has 15 nitrogen and oxygen atoms in total. The second kappa shape index (κ2) is 11.0. The van der Waals surface area contributed by atoms with Gasteiger partial charge in [0.15, 0.2) is 17.5 Å². The summed E-state index contributed by atoms with van der Waals surface area (Å²) in [5.41, 5.74) is 0.319. The molecule has 0 radical (unpaired) electrons. The van der Waals surface area contributed by atoms with Crippen LogP contribution in [0.1, 0.15) is 5.56 Å². The molecule has 210 valence electrons. The predicted molar refractivity (Wildman–Crippen MR) is 126 cm³/mol. The smallest absolute Gasteiger partial charge is 0.363 e. The summed E-state index contributed by atoms with van der Waals surface area (Å²) in [5.74, 6) is -4.59. The highest BCUT2D eigenvalue weighted by Crippen LogP contribution is 2.36. The number of fused-ring (bicyclic) bond motifs is 1. The molecule has 0 saturated carbocycles. The Bertz CT molecular complexity index is 1240. The van der Waals surface area contributed by atoms with Gasteiger partial charge in [0.1, 0.15) is 48.0 Å². The van der Waals surface area contributed by atoms with Gasteiger partial charge in [-0.3, -0.25) is 4.90 Å². The molecule has 0 aromatic heterocycles. The highest BCUT2D eigenvalue weighted by atomic mass is 16.7. The Morgan fingerprint density at radius 1 is 1.03 bits per heavy atom. The quantitative estimate of drug-likeness (QED) is 0.151. The second-order valence-corrected chi connectivity index (χ2v) is 9.17. The summed E-state index contributed by atoms with van der Waals surface area (Å²) in [5, 5.41) is 80.7. The number of rotatable bonds is 8. The first-order chi connectivity index (χ1) is 18.4. The Hall–Kier alpha value is -3.99. The molecule has 1 aromatic carbocycles. The number of hydrogen-bond acceptors (Lipinski definition) is 11. The van der Waals surface area contributed by atoms with Crippen molar-refractivity contribution in [3.05, 3.63) is 52.9 Å². The molecule has 0 spiro atoms. The third kappa shape index (κ3) is 5.58. The molecule has 3 aliphatic heterocycles. The van der Waals surface area contributed by atoms with Crippen LogP contribution in [-0.2, 0) is 25.5 Å². The largest absolute Gasteiger partial charge is 0.504 e. The molecular formula is C24H27N2O13+. The van der Waals surface area contributed by atoms with Crippen LogP contribution in [0.5, 0.6) is 11.5 Å². The van der Waals surface area contributed by atoms with Crippen molar-refractivity contribution in [2.75, 3.05) is 13.2 Å². The minimum atomic E-state index is -1.73. The number of carboxylic acids is 3. The number of phenolic OH excluding ortho intramolecular Hbond substituents is 1. The van der Waals surface area contributed by atoms with Crippen LogP contribution in [0, 0.1) is 0 Å². The lowest BCUT2D eigenvalue weighted by molar-refractivity contribution is -0.838. The molecular weight excluding hydrogens is 524 g/mol. The Labute approximate surface area is 219 Å². The number of hydrogen-bond donors (Lipinski definition) is 10. The maximum atomic E-state index is 12.0. The number of ether oxygens (including phenoxy) is 2. The first kappa shape index (κ1) is 28.0. The van der Waals surface area contributed by atoms with Gasteiger partial charge in [0, 0.05) is 18.1 Å². The molecule has 15 heteroatoms. The van der Waals surface area contributed by atoms with Crippen LogP contribution in [-0.4, -0.2) is 109 Å². The number of nitrogens with one attached hydrogen (secondary N) is 2. The molecule has 4 rings (SSSR count). The third-order valence-electron chi connectivity index (χ3n) is 6.67. The summed E-state index contributed by atoms with van der Waals surface area (Å²) >= 11 is 0. The second-order valence-electron chi connectivity index (χ2n) is 9.17. The van der Waals surface area contributed by atoms with Crippen molar-refractivity contribution in [2.45, 2.75) is 43.2 Å². The Morgan fingerprint density at radius 3 is 2.23 bits per heavy atom. The zero-order valence-corrected chi connectivity index (χ0v) is 20.1. The van der Waals surface area contributed by atoms with Crippen LogP contribution in [0.25, 0.3) is 0 Å². The van der Waals surface area contributed by atoms with Crippen LogP contribution < -0.4 is 15.0 Å². The topological polar surface area (TPSA) is 248 Å². The maximum Gasteiger partial charge on any atom is 0.363 e. The fourth-order valence-electron chi connectivity index (χ4n) is 4.65. The number of carbonyl (C=O) groups is 3. The van der Waals surface area contributed by atoms with E-state index in [-0.39, 0.29) is 35.7 Å². The van der Waals surface area contributed by atoms with E-state index in [1.54, 1.807) is 0 Å². The highest BCUT2D eigenvalue weighted by Gasteiger charge is 2.46. The van der Waals surface area contributed by atoms with Gasteiger partial charge >= 0.3 is 17.9 Å². The van der Waals surface area contributed by atoms with Crippen LogP contribution in [0.3, 0.4) is 0 Å². The molecule has 0 bridgehead atoms. The normalized spacial score (nSPS) is 29.9. The number of phenols is 1. The van der Waals surface area contributed by atoms with Gasteiger partial charge in [-0.25, -0.2) is 14.4 Å². The van der Waals surface area contributed by atoms with E-state index in [2.05, 4.69) is 5.32 Å². The monoisotopic (exact) mass is 551 g/mol. The van der Waals surface area contributed by atoms with Gasteiger partial charge in [0.05, 0.1) is 6.61 Å². The highest BCUT2D eigenvalue weighted by molar-refractivity contribution is 5.94. The number of aromatic hydroxyl groups is 1. The molecule has 10 N–H and O–H groups in total. The molecule has 7 unspecified atom stereocenters. The van der Waals surface area contributed by atoms with Crippen molar-refractivity contribution in [1.82, 2.24) is 5.32 Å². The number of quaternary nitrogens is 1. The standard InChI is InChI=1S/C24H26N2O13/c27-8-17-18(29)19(30)20(31)24(39-17)38-16-6-10-5-14(23(36)37)26(13(10)7-15(16)28)2-1-9-3-11(21(32)33)25-12(4-9)22(34)35/h1,3-4,6-7,14,17-20,24-25,27-31H,2,5,8H2,(H,32,33)(H,34,35)(H,36,37)/p+1. The minimum Gasteiger partial charge on any atom is -0.504 e. The lowest BCUT2D eigenvalue weighted by atomic mass is 9.99. The lowest BCUT2D eigenvalue weighted by Gasteiger charge is -2.39. The van der Waals surface area contributed by atoms with Crippen LogP contribution in [0.4, 0.5) is 5.69 Å². The zero-order valence-electron chi connectivity index (χ0n) is 20.1. The number of allylic oxidation sites excluding steroid dienone is 3. The molecule has 3 aliphatic rings. The molecule has 1 fully saturated rings. The number of aliphatic hydroxyl groups is 4. The first-order valence-corrected chi connectivity index (χ1v) is 11.7. The van der Waals surface area contributed by atoms with E-state index in [1.807, 2.05) is 0 Å². The van der Waals surface area contributed by atoms with Gasteiger partial charge in [-0.05, 0) is 29.9 Å². The fourth-order valence-corrected chi connectivity index (χ4v) is 4.65. The van der Waals surface area contributed by atoms with Crippen molar-refractivity contribution in [2.24, 2.45) is 0 Å². The van der Waals surface area contributed by atoms with Gasteiger partial charge in [-0.15, -0.1) is 0 Å². The van der Waals surface area contributed by atoms with Crippen molar-refractivity contribution < 1.29 is 69.6 Å². The van der Waals surface area contributed by atoms with Gasteiger partial charge in [0.25, 0.3) is 0 Å². The van der Waals surface area contributed by atoms with Gasteiger partial charge in [-0.1, -0.05) is 0 Å². The van der Waals surface area contributed by atoms with Crippen molar-refractivity contribution in [3.8, 4) is 11.5 Å². The van der Waals surface area contributed by atoms with Crippen molar-refractivity contribution >= 4 is 23.6 Å². The van der Waals surface area contributed by atoms with Crippen LogP contribution in [0.2, 0.25) is 0 Å². The van der Waals surface area contributed by atoms with Crippen LogP contribution in [0.15, 0.2) is 47.3 Å². The summed E-state index contributed by atoms with van der Waals surface area (Å²) < 4.78 is 10.8. The number of benzene rings is 1. The first-order valence-electron chi connectivity index (χ1n) is 11.7. The Kier molecular flexibility index (Phi) is 7.91. The Morgan fingerprint density at radius 2 is 1.67 bits per heavy atom. The van der Waals surface area contributed by atoms with E-state index in [4.69, 9.17) is 9.47 Å². The fraction of sp³-hybridized carbons (Fsp3) is 0.375. The summed E-state index contributed by atoms with van der Waals surface area (Å²) in [7, 11) is 0. The molecule has 1 aromatic rings. The van der Waals surface area contributed by atoms with E-state index < -0.39 is 67.0 Å². The van der Waals surface area contributed by atoms with Crippen molar-refractivity contribution in [3.63, 3.8) is 0 Å². The maximum absolute atomic E-state index is 12.0. The van der Waals surface area contributed by atoms with E-state index in [1.165, 1.54) is 30.4 Å². The minimum absolute atomic E-state index is 0.00246. The molecule has 39 heavy (non-hydrogen) atoms. The van der Waals surface area contributed by atoms with Crippen molar-refractivity contribution in [1.29, 1.82) is 0 Å². The summed E-state index contributed by atoms with van der Waals surface area (Å²) in [4.78, 5) is 35.1. The zero-order chi connectivity index (χ0) is 28.6. The summed E-state index contributed by atoms with van der Waals surface area (Å²) in [6.07, 6.45) is -3.97. The molecule has 3 heterocycles. The lowest BCUT2D eigenvalue weighted by Crippen LogP contribution is -3.11. The van der Waals surface area contributed by atoms with Gasteiger partial charge in [0.2, 0.25) is 6.29 Å². The van der Waals surface area contributed by atoms with E-state index in [0.29, 0.717) is 16.2 Å². The Balaban J connectivity index is 1.61. The molecule has 7 atom stereocenters. The van der Waals surface area contributed by atoms with E-state index in [0.717, 1.165) is 0 Å². The SMILES string of the molecule is O=C(O)C1=CC(=CC[NH+]2c3cc(O)c(OC4OC(CO)C(O)C(O)C4O)cc3CC2C(=O)O)C=C(C(=O)O)N1. The average molecular weight is 551 g/mol. The predicted octanol–water partition coefficient (Wildman–Crippen LogP) is -3.44. The number of dihydropyridines is 1. The van der Waals surface area contributed by atoms with Gasteiger partial charge in [-0.2, -0.15) is 0 Å². The third-order valence-corrected chi connectivity index (χ3v) is 6.67. The summed E-state index contributed by atoms with van der Waals surface area (Å²) in [6, 6.07) is 1.58. The van der Waals surface area contributed by atoms with E-state index >= 15 is 0 Å². The summed E-state index contributed by atoms with van der Waals surface area (Å²) in [6.45, 7) is -0.699. The molecule has 0 amide bonds. The van der Waals surface area contributed by atoms with E-state index in [9.17, 15) is 55.2 Å². The number of aliphatic carboxylic acids is 3. The number of aliphatic hydroxyl groups excluding tert-OH is 4. The molecule has 0 aliphatic carbocycles. The van der Waals surface area contributed by atoms with Gasteiger partial charge < -0.3 is 55.6 Å². The van der Waals surface area contributed by atoms with Crippen LogP contribution >= 0.6 is 0 Å². The average Bonchev–Trinajstić information content (AvgIpc) is 3.24. The molecule has 1 saturated heterocycles. The number of carboxylic acid groups (broad SMARTS) is 3.